The zero-order valence-corrected chi connectivity index (χ0v) is 7.99. The molecule has 0 spiro atoms. The van der Waals surface area contributed by atoms with Gasteiger partial charge in [-0.25, -0.2) is 0 Å². The highest BCUT2D eigenvalue weighted by atomic mass is 16.3. The van der Waals surface area contributed by atoms with Crippen LogP contribution >= 0.6 is 0 Å². The Morgan fingerprint density at radius 2 is 1.69 bits per heavy atom. The third kappa shape index (κ3) is 8.45. The van der Waals surface area contributed by atoms with Gasteiger partial charge in [0.2, 0.25) is 0 Å². The van der Waals surface area contributed by atoms with Crippen molar-refractivity contribution >= 4 is 0 Å². The number of nitrogens with two attached hydrogens (primary N) is 1. The number of hydrogen-bond acceptors (Lipinski definition) is 2. The summed E-state index contributed by atoms with van der Waals surface area (Å²) in [7, 11) is 0. The predicted octanol–water partition coefficient (Wildman–Crippen LogP) is 1.34. The monoisotopic (exact) mass is 177 g/mol. The zero-order chi connectivity index (χ0) is 10.1. The summed E-state index contributed by atoms with van der Waals surface area (Å²) in [5.74, 6) is 2.74. The number of rotatable bonds is 0. The van der Waals surface area contributed by atoms with Gasteiger partial charge in [-0.2, -0.15) is 0 Å². The lowest BCUT2D eigenvalue weighted by molar-refractivity contribution is 0.216. The summed E-state index contributed by atoms with van der Waals surface area (Å²) in [6.45, 7) is 3.44. The van der Waals surface area contributed by atoms with Crippen molar-refractivity contribution in [1.29, 1.82) is 0 Å². The fourth-order valence-corrected chi connectivity index (χ4v) is 0.605. The van der Waals surface area contributed by atoms with Gasteiger partial charge in [-0.3, -0.25) is 0 Å². The highest BCUT2D eigenvalue weighted by Crippen LogP contribution is 1.93. The Morgan fingerprint density at radius 3 is 2.08 bits per heavy atom. The maximum absolute atomic E-state index is 8.06. The fraction of sp³-hybridized carbons (Fsp3) is 0.273. The molecule has 0 atom stereocenters. The molecule has 1 rings (SSSR count). The molecule has 1 aromatic rings. The Bertz CT molecular complexity index is 266. The fourth-order valence-electron chi connectivity index (χ4n) is 0.605. The molecular weight excluding hydrogens is 162 g/mol. The van der Waals surface area contributed by atoms with E-state index in [-0.39, 0.29) is 6.10 Å². The van der Waals surface area contributed by atoms with Crippen LogP contribution in [-0.4, -0.2) is 11.2 Å². The van der Waals surface area contributed by atoms with Crippen LogP contribution in [0.5, 0.6) is 0 Å². The van der Waals surface area contributed by atoms with Crippen molar-refractivity contribution in [2.24, 2.45) is 5.73 Å². The van der Waals surface area contributed by atoms with Crippen LogP contribution < -0.4 is 5.73 Å². The van der Waals surface area contributed by atoms with E-state index in [1.165, 1.54) is 0 Å². The van der Waals surface area contributed by atoms with Crippen molar-refractivity contribution in [2.45, 2.75) is 20.0 Å². The Balaban J connectivity index is 0.000000310. The third-order valence-corrected chi connectivity index (χ3v) is 0.990. The third-order valence-electron chi connectivity index (χ3n) is 0.990. The SMILES string of the molecule is CC(C)O.NC#Cc1ccccc1. The lowest BCUT2D eigenvalue weighted by Crippen LogP contribution is -1.85. The number of aliphatic hydroxyl groups excluding tert-OH is 1. The van der Waals surface area contributed by atoms with Crippen molar-refractivity contribution in [3.05, 3.63) is 35.9 Å². The van der Waals surface area contributed by atoms with Crippen molar-refractivity contribution in [1.82, 2.24) is 0 Å². The van der Waals surface area contributed by atoms with E-state index in [9.17, 15) is 0 Å². The molecule has 2 nitrogen and oxygen atoms in total. The van der Waals surface area contributed by atoms with Gasteiger partial charge in [-0.05, 0) is 31.9 Å². The molecule has 0 bridgehead atoms. The van der Waals surface area contributed by atoms with E-state index in [0.29, 0.717) is 0 Å². The van der Waals surface area contributed by atoms with Crippen LogP contribution in [0.1, 0.15) is 19.4 Å². The van der Waals surface area contributed by atoms with Crippen LogP contribution in [0.15, 0.2) is 30.3 Å². The van der Waals surface area contributed by atoms with E-state index >= 15 is 0 Å². The summed E-state index contributed by atoms with van der Waals surface area (Å²) in [5.41, 5.74) is 5.96. The smallest absolute Gasteiger partial charge is 0.0483 e. The molecular formula is C11H15NO. The molecule has 0 heterocycles. The summed E-state index contributed by atoms with van der Waals surface area (Å²) in [6, 6.07) is 12.0. The second-order valence-electron chi connectivity index (χ2n) is 2.73. The van der Waals surface area contributed by atoms with Crippen molar-refractivity contribution in [2.75, 3.05) is 0 Å². The standard InChI is InChI=1S/C8H7N.C3H8O/c9-7-6-8-4-2-1-3-5-8;1-3(2)4/h1-5H,9H2;3-4H,1-2H3. The normalized spacial score (nSPS) is 8.00. The van der Waals surface area contributed by atoms with Crippen LogP contribution in [0.25, 0.3) is 0 Å². The minimum atomic E-state index is -0.167. The molecule has 0 aliphatic carbocycles. The molecule has 0 unspecified atom stereocenters. The van der Waals surface area contributed by atoms with Gasteiger partial charge in [0.05, 0.1) is 0 Å². The quantitative estimate of drug-likeness (QED) is 0.464. The Labute approximate surface area is 79.4 Å². The van der Waals surface area contributed by atoms with Gasteiger partial charge in [0.25, 0.3) is 0 Å². The first-order chi connectivity index (χ1) is 6.16. The van der Waals surface area contributed by atoms with Gasteiger partial charge in [0.15, 0.2) is 0 Å². The molecule has 0 amide bonds. The summed E-state index contributed by atoms with van der Waals surface area (Å²) in [5, 5.41) is 8.06. The van der Waals surface area contributed by atoms with E-state index in [0.717, 1.165) is 5.56 Å². The minimum Gasteiger partial charge on any atom is -0.394 e. The number of benzene rings is 1. The molecule has 0 aliphatic rings. The second-order valence-corrected chi connectivity index (χ2v) is 2.73. The first-order valence-electron chi connectivity index (χ1n) is 4.11. The molecule has 0 aromatic heterocycles. The van der Waals surface area contributed by atoms with Gasteiger partial charge < -0.3 is 10.8 Å². The molecule has 0 radical (unpaired) electrons. The number of hydrogen-bond donors (Lipinski definition) is 2. The van der Waals surface area contributed by atoms with Gasteiger partial charge in [-0.15, -0.1) is 0 Å². The molecule has 1 aromatic carbocycles. The van der Waals surface area contributed by atoms with Gasteiger partial charge in [0.1, 0.15) is 0 Å². The highest BCUT2D eigenvalue weighted by molar-refractivity contribution is 5.32. The summed E-state index contributed by atoms with van der Waals surface area (Å²) in [6.07, 6.45) is -0.167. The second kappa shape index (κ2) is 7.20. The molecule has 0 saturated heterocycles. The average molecular weight is 177 g/mol. The molecule has 2 heteroatoms. The predicted molar refractivity (Wildman–Crippen MR) is 54.9 cm³/mol. The van der Waals surface area contributed by atoms with Crippen LogP contribution in [0.3, 0.4) is 0 Å². The molecule has 0 aliphatic heterocycles. The molecule has 0 saturated carbocycles. The first kappa shape index (κ1) is 11.5. The number of aliphatic hydroxyl groups is 1. The summed E-state index contributed by atoms with van der Waals surface area (Å²) >= 11 is 0. The van der Waals surface area contributed by atoms with Gasteiger partial charge in [-0.1, -0.05) is 18.2 Å². The molecule has 13 heavy (non-hydrogen) atoms. The summed E-state index contributed by atoms with van der Waals surface area (Å²) in [4.78, 5) is 0. The van der Waals surface area contributed by atoms with Crippen molar-refractivity contribution < 1.29 is 5.11 Å². The lowest BCUT2D eigenvalue weighted by Gasteiger charge is -1.83. The average Bonchev–Trinajstić information content (AvgIpc) is 2.06. The Morgan fingerprint density at radius 1 is 1.23 bits per heavy atom. The van der Waals surface area contributed by atoms with Crippen LogP contribution in [-0.2, 0) is 0 Å². The topological polar surface area (TPSA) is 46.2 Å². The zero-order valence-electron chi connectivity index (χ0n) is 7.99. The van der Waals surface area contributed by atoms with Gasteiger partial charge >= 0.3 is 0 Å². The lowest BCUT2D eigenvalue weighted by atomic mass is 10.2. The molecule has 3 N–H and O–H groups in total. The largest absolute Gasteiger partial charge is 0.394 e. The van der Waals surface area contributed by atoms with E-state index in [2.05, 4.69) is 12.0 Å². The van der Waals surface area contributed by atoms with Gasteiger partial charge in [0, 0.05) is 17.7 Å². The van der Waals surface area contributed by atoms with E-state index in [1.807, 2.05) is 30.3 Å². The Kier molecular flexibility index (Phi) is 6.39. The molecule has 70 valence electrons. The van der Waals surface area contributed by atoms with E-state index < -0.39 is 0 Å². The highest BCUT2D eigenvalue weighted by Gasteiger charge is 1.77. The van der Waals surface area contributed by atoms with Crippen LogP contribution in [0, 0.1) is 12.0 Å². The van der Waals surface area contributed by atoms with Crippen LogP contribution in [0.2, 0.25) is 0 Å². The molecule has 0 fully saturated rings. The van der Waals surface area contributed by atoms with Crippen LogP contribution in [0.4, 0.5) is 0 Å². The first-order valence-corrected chi connectivity index (χ1v) is 4.11. The Hall–Kier alpha value is -1.46. The summed E-state index contributed by atoms with van der Waals surface area (Å²) < 4.78 is 0. The van der Waals surface area contributed by atoms with E-state index in [1.54, 1.807) is 13.8 Å². The minimum absolute atomic E-state index is 0.167. The van der Waals surface area contributed by atoms with Crippen molar-refractivity contribution in [3.8, 4) is 12.0 Å². The van der Waals surface area contributed by atoms with E-state index in [4.69, 9.17) is 10.8 Å². The van der Waals surface area contributed by atoms with Crippen molar-refractivity contribution in [3.63, 3.8) is 0 Å². The maximum Gasteiger partial charge on any atom is 0.0483 e. The maximum atomic E-state index is 8.06.